The van der Waals surface area contributed by atoms with Gasteiger partial charge in [0.25, 0.3) is 0 Å². The fourth-order valence-electron chi connectivity index (χ4n) is 6.41. The van der Waals surface area contributed by atoms with Crippen LogP contribution in [0.1, 0.15) is 126 Å². The lowest BCUT2D eigenvalue weighted by molar-refractivity contribution is 0.0969. The van der Waals surface area contributed by atoms with Crippen LogP contribution in [0, 0.1) is 10.8 Å². The van der Waals surface area contributed by atoms with Crippen LogP contribution >= 0.6 is 0 Å². The van der Waals surface area contributed by atoms with Gasteiger partial charge in [0, 0.05) is 16.8 Å². The molecule has 0 bridgehead atoms. The van der Waals surface area contributed by atoms with E-state index in [0.717, 1.165) is 0 Å². The molecule has 0 N–H and O–H groups in total. The molecular formula is C28H49N. The van der Waals surface area contributed by atoms with Crippen molar-refractivity contribution in [1.82, 2.24) is 0 Å². The maximum absolute atomic E-state index is 2.62. The molecule has 2 rings (SSSR count). The highest BCUT2D eigenvalue weighted by molar-refractivity contribution is 5.61. The zero-order valence-corrected chi connectivity index (χ0v) is 21.9. The van der Waals surface area contributed by atoms with Crippen LogP contribution in [-0.4, -0.2) is 11.1 Å². The number of anilines is 1. The summed E-state index contributed by atoms with van der Waals surface area (Å²) in [7, 11) is 0. The van der Waals surface area contributed by atoms with Crippen molar-refractivity contribution in [1.29, 1.82) is 0 Å². The summed E-state index contributed by atoms with van der Waals surface area (Å²) in [5.74, 6) is 0.654. The largest absolute Gasteiger partial charge is 0.362 e. The van der Waals surface area contributed by atoms with Crippen molar-refractivity contribution in [3.63, 3.8) is 0 Å². The molecule has 0 atom stereocenters. The lowest BCUT2D eigenvalue weighted by Crippen LogP contribution is -2.53. The highest BCUT2D eigenvalue weighted by Crippen LogP contribution is 2.52. The first-order valence-electron chi connectivity index (χ1n) is 11.7. The van der Waals surface area contributed by atoms with Gasteiger partial charge in [-0.3, -0.25) is 0 Å². The molecule has 0 aromatic heterocycles. The Morgan fingerprint density at radius 3 is 1.59 bits per heavy atom. The van der Waals surface area contributed by atoms with Gasteiger partial charge in [0.2, 0.25) is 0 Å². The fraction of sp³-hybridized carbons (Fsp3) is 0.786. The summed E-state index contributed by atoms with van der Waals surface area (Å²) in [4.78, 5) is 2.62. The second-order valence-corrected chi connectivity index (χ2v) is 14.3. The minimum absolute atomic E-state index is 0.0641. The Kier molecular flexibility index (Phi) is 6.12. The van der Waals surface area contributed by atoms with E-state index in [1.807, 2.05) is 0 Å². The molecule has 0 spiro atoms. The fourth-order valence-corrected chi connectivity index (χ4v) is 6.41. The molecule has 0 saturated heterocycles. The smallest absolute Gasteiger partial charge is 0.0413 e. The van der Waals surface area contributed by atoms with Crippen LogP contribution in [0.15, 0.2) is 18.2 Å². The number of nitrogens with zero attached hydrogens (tertiary/aromatic N) is 1. The Hall–Kier alpha value is -0.980. The van der Waals surface area contributed by atoms with E-state index in [-0.39, 0.29) is 16.5 Å². The second-order valence-electron chi connectivity index (χ2n) is 14.3. The molecule has 0 heterocycles. The maximum Gasteiger partial charge on any atom is 0.0413 e. The van der Waals surface area contributed by atoms with Crippen LogP contribution in [0.2, 0.25) is 0 Å². The van der Waals surface area contributed by atoms with Gasteiger partial charge in [-0.15, -0.1) is 0 Å². The summed E-state index contributed by atoms with van der Waals surface area (Å²) in [6, 6.07) is 7.43. The third kappa shape index (κ3) is 5.80. The summed E-state index contributed by atoms with van der Waals surface area (Å²) in [6.07, 6.45) is 3.91. The summed E-state index contributed by atoms with van der Waals surface area (Å²) < 4.78 is 0. The van der Waals surface area contributed by atoms with Gasteiger partial charge in [0.15, 0.2) is 0 Å². The molecule has 166 valence electrons. The van der Waals surface area contributed by atoms with Crippen molar-refractivity contribution in [2.45, 2.75) is 132 Å². The normalized spacial score (nSPS) is 20.6. The van der Waals surface area contributed by atoms with E-state index in [1.54, 1.807) is 5.56 Å². The average molecular weight is 400 g/mol. The van der Waals surface area contributed by atoms with Crippen molar-refractivity contribution in [2.75, 3.05) is 4.90 Å². The van der Waals surface area contributed by atoms with Gasteiger partial charge in [-0.1, -0.05) is 60.6 Å². The Morgan fingerprint density at radius 2 is 1.21 bits per heavy atom. The lowest BCUT2D eigenvalue weighted by Gasteiger charge is -2.49. The third-order valence-electron chi connectivity index (χ3n) is 6.44. The Bertz CT molecular complexity index is 686. The SMILES string of the molecule is CC1(C)CC(c2ccc(N(C(C)(C)C)C(C)(C)C)c(C(C)(C)C)c2)CC(C)(C)C1. The molecule has 1 aromatic carbocycles. The van der Waals surface area contributed by atoms with Crippen LogP contribution in [0.25, 0.3) is 0 Å². The molecule has 29 heavy (non-hydrogen) atoms. The van der Waals surface area contributed by atoms with Gasteiger partial charge < -0.3 is 4.90 Å². The van der Waals surface area contributed by atoms with Gasteiger partial charge in [0.1, 0.15) is 0 Å². The first-order chi connectivity index (χ1) is 12.7. The molecule has 1 nitrogen and oxygen atoms in total. The minimum atomic E-state index is 0.0641. The molecule has 1 fully saturated rings. The molecule has 1 aliphatic rings. The van der Waals surface area contributed by atoms with Crippen molar-refractivity contribution in [2.24, 2.45) is 10.8 Å². The molecule has 1 aliphatic carbocycles. The second kappa shape index (κ2) is 7.31. The van der Waals surface area contributed by atoms with Crippen LogP contribution in [0.5, 0.6) is 0 Å². The zero-order valence-electron chi connectivity index (χ0n) is 21.9. The van der Waals surface area contributed by atoms with Crippen LogP contribution in [-0.2, 0) is 5.41 Å². The Balaban J connectivity index is 2.62. The number of rotatable bonds is 2. The Morgan fingerprint density at radius 1 is 0.759 bits per heavy atom. The van der Waals surface area contributed by atoms with Crippen LogP contribution in [0.3, 0.4) is 0 Å². The lowest BCUT2D eigenvalue weighted by atomic mass is 9.60. The quantitative estimate of drug-likeness (QED) is 0.480. The third-order valence-corrected chi connectivity index (χ3v) is 6.44. The van der Waals surface area contributed by atoms with E-state index in [0.29, 0.717) is 16.7 Å². The summed E-state index contributed by atoms with van der Waals surface area (Å²) in [5.41, 5.74) is 5.49. The zero-order chi connectivity index (χ0) is 22.6. The highest BCUT2D eigenvalue weighted by Gasteiger charge is 2.40. The van der Waals surface area contributed by atoms with E-state index < -0.39 is 0 Å². The van der Waals surface area contributed by atoms with Gasteiger partial charge in [-0.25, -0.2) is 0 Å². The van der Waals surface area contributed by atoms with E-state index in [1.165, 1.54) is 30.5 Å². The standard InChI is InChI=1S/C28H49N/c1-24(2,3)22-16-20(21-17-27(10,11)19-28(12,13)18-21)14-15-23(22)29(25(4,5)6)26(7,8)9/h14-16,21H,17-19H2,1-13H3. The summed E-state index contributed by atoms with van der Waals surface area (Å²) >= 11 is 0. The molecule has 0 amide bonds. The summed E-state index contributed by atoms with van der Waals surface area (Å²) in [6.45, 7) is 31.0. The van der Waals surface area contributed by atoms with Gasteiger partial charge >= 0.3 is 0 Å². The molecular weight excluding hydrogens is 350 g/mol. The highest BCUT2D eigenvalue weighted by atomic mass is 15.2. The van der Waals surface area contributed by atoms with E-state index in [9.17, 15) is 0 Å². The minimum Gasteiger partial charge on any atom is -0.362 e. The number of hydrogen-bond donors (Lipinski definition) is 0. The number of benzene rings is 1. The first kappa shape index (κ1) is 24.3. The molecule has 0 aliphatic heterocycles. The van der Waals surface area contributed by atoms with Gasteiger partial charge in [0.05, 0.1) is 0 Å². The van der Waals surface area contributed by atoms with Gasteiger partial charge in [-0.05, 0) is 100 Å². The monoisotopic (exact) mass is 399 g/mol. The Labute approximate surface area is 182 Å². The van der Waals surface area contributed by atoms with Crippen molar-refractivity contribution < 1.29 is 0 Å². The maximum atomic E-state index is 2.62. The van der Waals surface area contributed by atoms with Gasteiger partial charge in [-0.2, -0.15) is 0 Å². The van der Waals surface area contributed by atoms with Crippen LogP contribution < -0.4 is 4.90 Å². The predicted octanol–water partition coefficient (Wildman–Crippen LogP) is 8.71. The molecule has 1 heteroatoms. The average Bonchev–Trinajstić information content (AvgIpc) is 2.39. The topological polar surface area (TPSA) is 3.24 Å². The first-order valence-corrected chi connectivity index (χ1v) is 11.7. The van der Waals surface area contributed by atoms with Crippen molar-refractivity contribution in [3.05, 3.63) is 29.3 Å². The molecule has 0 unspecified atom stereocenters. The molecule has 1 saturated carbocycles. The molecule has 1 aromatic rings. The van der Waals surface area contributed by atoms with Crippen molar-refractivity contribution in [3.8, 4) is 0 Å². The van der Waals surface area contributed by atoms with E-state index in [2.05, 4.69) is 113 Å². The predicted molar refractivity (Wildman–Crippen MR) is 131 cm³/mol. The van der Waals surface area contributed by atoms with E-state index in [4.69, 9.17) is 0 Å². The molecule has 0 radical (unpaired) electrons. The van der Waals surface area contributed by atoms with Crippen LogP contribution in [0.4, 0.5) is 5.69 Å². The van der Waals surface area contributed by atoms with E-state index >= 15 is 0 Å². The number of hydrogen-bond acceptors (Lipinski definition) is 1. The summed E-state index contributed by atoms with van der Waals surface area (Å²) in [5, 5.41) is 0. The van der Waals surface area contributed by atoms with Crippen molar-refractivity contribution >= 4 is 5.69 Å².